The van der Waals surface area contributed by atoms with Gasteiger partial charge >= 0.3 is 0 Å². The van der Waals surface area contributed by atoms with Crippen LogP contribution in [0.5, 0.6) is 0 Å². The van der Waals surface area contributed by atoms with E-state index < -0.39 is 0 Å². The summed E-state index contributed by atoms with van der Waals surface area (Å²) in [6.45, 7) is 0. The number of hydrogen-bond acceptors (Lipinski definition) is 5. The molecule has 3 aromatic rings. The molecule has 116 valence electrons. The van der Waals surface area contributed by atoms with Crippen molar-refractivity contribution in [2.75, 3.05) is 24.3 Å². The van der Waals surface area contributed by atoms with Gasteiger partial charge < -0.3 is 10.2 Å². The van der Waals surface area contributed by atoms with Crippen LogP contribution >= 0.6 is 0 Å². The van der Waals surface area contributed by atoms with Crippen LogP contribution in [0.1, 0.15) is 10.5 Å². The van der Waals surface area contributed by atoms with Gasteiger partial charge in [-0.3, -0.25) is 4.79 Å². The first-order chi connectivity index (χ1) is 11.1. The van der Waals surface area contributed by atoms with Crippen LogP contribution in [0.4, 0.5) is 11.5 Å². The molecule has 3 rings (SSSR count). The third-order valence-electron chi connectivity index (χ3n) is 3.21. The van der Waals surface area contributed by atoms with Gasteiger partial charge in [-0.25, -0.2) is 9.67 Å². The Balaban J connectivity index is 1.72. The van der Waals surface area contributed by atoms with Crippen LogP contribution in [-0.2, 0) is 0 Å². The van der Waals surface area contributed by atoms with Crippen molar-refractivity contribution in [1.29, 1.82) is 0 Å². The van der Waals surface area contributed by atoms with Crippen molar-refractivity contribution in [3.05, 3.63) is 60.6 Å². The number of para-hydroxylation sites is 1. The Bertz CT molecular complexity index is 795. The van der Waals surface area contributed by atoms with Gasteiger partial charge in [-0.05, 0) is 24.3 Å². The van der Waals surface area contributed by atoms with E-state index in [4.69, 9.17) is 0 Å². The topological polar surface area (TPSA) is 75.9 Å². The third kappa shape index (κ3) is 3.34. The fourth-order valence-corrected chi connectivity index (χ4v) is 1.99. The first kappa shape index (κ1) is 14.7. The highest BCUT2D eigenvalue weighted by Gasteiger charge is 2.12. The van der Waals surface area contributed by atoms with Gasteiger partial charge in [0.05, 0.1) is 23.8 Å². The first-order valence-corrected chi connectivity index (χ1v) is 7.06. The lowest BCUT2D eigenvalue weighted by molar-refractivity contribution is 0.102. The molecule has 0 bridgehead atoms. The number of benzene rings is 1. The molecule has 0 aliphatic rings. The van der Waals surface area contributed by atoms with Gasteiger partial charge in [-0.1, -0.05) is 23.4 Å². The van der Waals surface area contributed by atoms with E-state index in [2.05, 4.69) is 20.6 Å². The van der Waals surface area contributed by atoms with Gasteiger partial charge in [0.2, 0.25) is 0 Å². The number of nitrogens with one attached hydrogen (secondary N) is 1. The molecule has 0 saturated heterocycles. The summed E-state index contributed by atoms with van der Waals surface area (Å²) in [4.78, 5) is 18.3. The summed E-state index contributed by atoms with van der Waals surface area (Å²) >= 11 is 0. The van der Waals surface area contributed by atoms with Gasteiger partial charge in [0.1, 0.15) is 5.82 Å². The second-order valence-electron chi connectivity index (χ2n) is 5.14. The van der Waals surface area contributed by atoms with Crippen molar-refractivity contribution in [2.24, 2.45) is 0 Å². The van der Waals surface area contributed by atoms with Crippen molar-refractivity contribution < 1.29 is 4.79 Å². The molecule has 0 atom stereocenters. The van der Waals surface area contributed by atoms with Crippen LogP contribution < -0.4 is 10.2 Å². The number of hydrogen-bond donors (Lipinski definition) is 1. The zero-order valence-corrected chi connectivity index (χ0v) is 12.8. The van der Waals surface area contributed by atoms with Crippen LogP contribution in [0, 0.1) is 0 Å². The Labute approximate surface area is 133 Å². The second-order valence-corrected chi connectivity index (χ2v) is 5.14. The SMILES string of the molecule is CN(C)c1ccc(NC(=O)c2cn(-c3ccccc3)nn2)cn1. The third-order valence-corrected chi connectivity index (χ3v) is 3.21. The Morgan fingerprint density at radius 3 is 2.57 bits per heavy atom. The van der Waals surface area contributed by atoms with Crippen LogP contribution in [0.25, 0.3) is 5.69 Å². The minimum Gasteiger partial charge on any atom is -0.363 e. The molecular formula is C16H16N6O. The molecule has 1 amide bonds. The summed E-state index contributed by atoms with van der Waals surface area (Å²) in [5, 5.41) is 10.6. The molecule has 1 N–H and O–H groups in total. The summed E-state index contributed by atoms with van der Waals surface area (Å²) in [7, 11) is 3.81. The smallest absolute Gasteiger partial charge is 0.277 e. The summed E-state index contributed by atoms with van der Waals surface area (Å²) in [6.07, 6.45) is 3.20. The van der Waals surface area contributed by atoms with Crippen molar-refractivity contribution in [2.45, 2.75) is 0 Å². The zero-order chi connectivity index (χ0) is 16.2. The number of rotatable bonds is 4. The van der Waals surface area contributed by atoms with E-state index in [1.54, 1.807) is 23.1 Å². The van der Waals surface area contributed by atoms with E-state index in [0.717, 1.165) is 11.5 Å². The number of amides is 1. The molecule has 0 radical (unpaired) electrons. The lowest BCUT2D eigenvalue weighted by atomic mass is 10.3. The van der Waals surface area contributed by atoms with Crippen LogP contribution in [0.3, 0.4) is 0 Å². The Morgan fingerprint density at radius 1 is 1.13 bits per heavy atom. The molecule has 0 aliphatic carbocycles. The summed E-state index contributed by atoms with van der Waals surface area (Å²) in [6, 6.07) is 13.1. The quantitative estimate of drug-likeness (QED) is 0.797. The highest BCUT2D eigenvalue weighted by atomic mass is 16.2. The van der Waals surface area contributed by atoms with Crippen molar-refractivity contribution in [3.63, 3.8) is 0 Å². The standard InChI is InChI=1S/C16H16N6O/c1-21(2)15-9-8-12(10-17-15)18-16(23)14-11-22(20-19-14)13-6-4-3-5-7-13/h3-11H,1-2H3,(H,18,23). The van der Waals surface area contributed by atoms with Crippen LogP contribution in [0.2, 0.25) is 0 Å². The van der Waals surface area contributed by atoms with Gasteiger partial charge in [0.15, 0.2) is 5.69 Å². The average molecular weight is 308 g/mol. The second kappa shape index (κ2) is 6.27. The molecule has 23 heavy (non-hydrogen) atoms. The normalized spacial score (nSPS) is 10.3. The van der Waals surface area contributed by atoms with E-state index >= 15 is 0 Å². The first-order valence-electron chi connectivity index (χ1n) is 7.06. The molecule has 0 spiro atoms. The summed E-state index contributed by atoms with van der Waals surface area (Å²) in [5.74, 6) is 0.490. The number of carbonyl (C=O) groups excluding carboxylic acids is 1. The van der Waals surface area contributed by atoms with E-state index in [9.17, 15) is 4.79 Å². The van der Waals surface area contributed by atoms with Crippen molar-refractivity contribution in [1.82, 2.24) is 20.0 Å². The predicted octanol–water partition coefficient (Wildman–Crippen LogP) is 1.98. The van der Waals surface area contributed by atoms with E-state index in [0.29, 0.717) is 5.69 Å². The molecule has 7 nitrogen and oxygen atoms in total. The molecule has 7 heteroatoms. The van der Waals surface area contributed by atoms with Gasteiger partial charge in [-0.2, -0.15) is 0 Å². The molecule has 0 saturated carbocycles. The van der Waals surface area contributed by atoms with Gasteiger partial charge in [-0.15, -0.1) is 5.10 Å². The van der Waals surface area contributed by atoms with Crippen LogP contribution in [-0.4, -0.2) is 40.0 Å². The fourth-order valence-electron chi connectivity index (χ4n) is 1.99. The number of nitrogens with zero attached hydrogens (tertiary/aromatic N) is 5. The Hall–Kier alpha value is -3.22. The lowest BCUT2D eigenvalue weighted by Gasteiger charge is -2.11. The highest BCUT2D eigenvalue weighted by Crippen LogP contribution is 2.13. The van der Waals surface area contributed by atoms with E-state index in [1.807, 2.05) is 55.4 Å². The van der Waals surface area contributed by atoms with Crippen molar-refractivity contribution >= 4 is 17.4 Å². The number of carbonyl (C=O) groups is 1. The number of anilines is 2. The largest absolute Gasteiger partial charge is 0.363 e. The van der Waals surface area contributed by atoms with Crippen molar-refractivity contribution in [3.8, 4) is 5.69 Å². The number of pyridine rings is 1. The van der Waals surface area contributed by atoms with E-state index in [-0.39, 0.29) is 11.6 Å². The maximum absolute atomic E-state index is 12.2. The maximum atomic E-state index is 12.2. The molecule has 0 aliphatic heterocycles. The van der Waals surface area contributed by atoms with Gasteiger partial charge in [0, 0.05) is 14.1 Å². The summed E-state index contributed by atoms with van der Waals surface area (Å²) < 4.78 is 1.56. The zero-order valence-electron chi connectivity index (χ0n) is 12.8. The highest BCUT2D eigenvalue weighted by molar-refractivity contribution is 6.02. The lowest BCUT2D eigenvalue weighted by Crippen LogP contribution is -2.14. The van der Waals surface area contributed by atoms with Gasteiger partial charge in [0.25, 0.3) is 5.91 Å². The molecular weight excluding hydrogens is 292 g/mol. The predicted molar refractivity (Wildman–Crippen MR) is 87.9 cm³/mol. The van der Waals surface area contributed by atoms with E-state index in [1.165, 1.54) is 0 Å². The molecule has 2 aromatic heterocycles. The fraction of sp³-hybridized carbons (Fsp3) is 0.125. The Morgan fingerprint density at radius 2 is 1.91 bits per heavy atom. The monoisotopic (exact) mass is 308 g/mol. The Kier molecular flexibility index (Phi) is 4.01. The van der Waals surface area contributed by atoms with Crippen LogP contribution in [0.15, 0.2) is 54.9 Å². The molecule has 1 aromatic carbocycles. The average Bonchev–Trinajstić information content (AvgIpc) is 3.06. The number of aromatic nitrogens is 4. The summed E-state index contributed by atoms with van der Waals surface area (Å²) in [5.41, 5.74) is 1.69. The minimum absolute atomic E-state index is 0.241. The molecule has 0 fully saturated rings. The molecule has 0 unspecified atom stereocenters. The maximum Gasteiger partial charge on any atom is 0.277 e. The molecule has 2 heterocycles. The minimum atomic E-state index is -0.327.